The molecule has 0 unspecified atom stereocenters. The first-order chi connectivity index (χ1) is 12.9. The van der Waals surface area contributed by atoms with Crippen molar-refractivity contribution in [2.45, 2.75) is 6.10 Å². The van der Waals surface area contributed by atoms with Crippen LogP contribution in [0.25, 0.3) is 0 Å². The predicted octanol–water partition coefficient (Wildman–Crippen LogP) is 2.05. The largest absolute Gasteiger partial charge is 0.465 e. The van der Waals surface area contributed by atoms with Crippen molar-refractivity contribution in [3.8, 4) is 0 Å². The Labute approximate surface area is 155 Å². The second-order valence-corrected chi connectivity index (χ2v) is 5.51. The van der Waals surface area contributed by atoms with Gasteiger partial charge in [0.2, 0.25) is 0 Å². The van der Waals surface area contributed by atoms with Crippen LogP contribution in [0, 0.1) is 5.82 Å². The van der Waals surface area contributed by atoms with Gasteiger partial charge in [-0.25, -0.2) is 9.18 Å². The minimum absolute atomic E-state index is 0.00646. The zero-order chi connectivity index (χ0) is 19.8. The van der Waals surface area contributed by atoms with Gasteiger partial charge >= 0.3 is 17.8 Å². The fraction of sp³-hybridized carbons (Fsp3) is 0.211. The van der Waals surface area contributed by atoms with Crippen molar-refractivity contribution in [1.82, 2.24) is 5.32 Å². The van der Waals surface area contributed by atoms with Gasteiger partial charge in [-0.05, 0) is 42.0 Å². The number of hydrogen-bond acceptors (Lipinski definition) is 5. The second-order valence-electron chi connectivity index (χ2n) is 5.51. The summed E-state index contributed by atoms with van der Waals surface area (Å²) in [6.07, 6.45) is -0.600. The van der Waals surface area contributed by atoms with Gasteiger partial charge in [0, 0.05) is 19.3 Å². The van der Waals surface area contributed by atoms with Gasteiger partial charge in [0.1, 0.15) is 5.82 Å². The van der Waals surface area contributed by atoms with Crippen molar-refractivity contribution in [3.63, 3.8) is 0 Å². The first kappa shape index (κ1) is 20.1. The Hall–Kier alpha value is -3.26. The molecule has 0 aromatic heterocycles. The van der Waals surface area contributed by atoms with Gasteiger partial charge in [-0.2, -0.15) is 0 Å². The molecular weight excluding hydrogens is 355 g/mol. The summed E-state index contributed by atoms with van der Waals surface area (Å²) in [5.41, 5.74) is 1.20. The maximum atomic E-state index is 13.3. The lowest BCUT2D eigenvalue weighted by Gasteiger charge is -2.16. The number of carbonyl (C=O) groups excluding carboxylic acids is 3. The number of halogens is 1. The maximum Gasteiger partial charge on any atom is 0.337 e. The molecule has 0 aliphatic carbocycles. The summed E-state index contributed by atoms with van der Waals surface area (Å²) < 4.78 is 23.1. The van der Waals surface area contributed by atoms with E-state index >= 15 is 0 Å². The van der Waals surface area contributed by atoms with Crippen LogP contribution >= 0.6 is 0 Å². The van der Waals surface area contributed by atoms with E-state index in [1.54, 1.807) is 6.07 Å². The number of carbonyl (C=O) groups is 3. The monoisotopic (exact) mass is 374 g/mol. The molecule has 0 heterocycles. The zero-order valence-electron chi connectivity index (χ0n) is 14.8. The molecule has 0 fully saturated rings. The fourth-order valence-corrected chi connectivity index (χ4v) is 2.31. The standard InChI is InChI=1S/C19H19FN2O5/c1-26-16(13-4-3-5-14(20)10-13)11-21-17(23)18(24)22-15-8-6-12(7-9-15)19(25)27-2/h3-10,16H,11H2,1-2H3,(H,21,23)(H,22,24)/t16-/m1/s1. The lowest BCUT2D eigenvalue weighted by Crippen LogP contribution is -2.38. The number of rotatable bonds is 6. The van der Waals surface area contributed by atoms with E-state index in [-0.39, 0.29) is 6.54 Å². The van der Waals surface area contributed by atoms with E-state index < -0.39 is 29.7 Å². The average Bonchev–Trinajstić information content (AvgIpc) is 2.68. The van der Waals surface area contributed by atoms with Crippen molar-refractivity contribution in [2.24, 2.45) is 0 Å². The van der Waals surface area contributed by atoms with Crippen LogP contribution in [0.1, 0.15) is 22.0 Å². The average molecular weight is 374 g/mol. The third-order valence-electron chi connectivity index (χ3n) is 3.72. The van der Waals surface area contributed by atoms with Gasteiger partial charge in [0.05, 0.1) is 18.8 Å². The molecule has 1 atom stereocenters. The van der Waals surface area contributed by atoms with E-state index in [1.165, 1.54) is 56.7 Å². The third kappa shape index (κ3) is 5.61. The van der Waals surface area contributed by atoms with Crippen LogP contribution in [0.3, 0.4) is 0 Å². The molecule has 2 N–H and O–H groups in total. The van der Waals surface area contributed by atoms with Gasteiger partial charge in [-0.1, -0.05) is 12.1 Å². The minimum atomic E-state index is -0.880. The van der Waals surface area contributed by atoms with E-state index in [2.05, 4.69) is 15.4 Å². The molecule has 0 saturated heterocycles. The smallest absolute Gasteiger partial charge is 0.337 e. The highest BCUT2D eigenvalue weighted by molar-refractivity contribution is 6.39. The summed E-state index contributed by atoms with van der Waals surface area (Å²) >= 11 is 0. The number of ether oxygens (including phenoxy) is 2. The molecule has 2 aromatic rings. The molecule has 0 bridgehead atoms. The molecule has 2 aromatic carbocycles. The normalized spacial score (nSPS) is 11.4. The van der Waals surface area contributed by atoms with Gasteiger partial charge < -0.3 is 20.1 Å². The molecule has 142 valence electrons. The Kier molecular flexibility index (Phi) is 7.01. The summed E-state index contributed by atoms with van der Waals surface area (Å²) in [4.78, 5) is 35.3. The lowest BCUT2D eigenvalue weighted by atomic mass is 10.1. The quantitative estimate of drug-likeness (QED) is 0.596. The summed E-state index contributed by atoms with van der Waals surface area (Å²) in [5.74, 6) is -2.68. The topological polar surface area (TPSA) is 93.7 Å². The summed E-state index contributed by atoms with van der Waals surface area (Å²) in [6.45, 7) is -0.00646. The highest BCUT2D eigenvalue weighted by atomic mass is 19.1. The molecule has 0 aliphatic heterocycles. The maximum absolute atomic E-state index is 13.3. The highest BCUT2D eigenvalue weighted by Crippen LogP contribution is 2.16. The Bertz CT molecular complexity index is 823. The number of amides is 2. The molecule has 27 heavy (non-hydrogen) atoms. The number of methoxy groups -OCH3 is 2. The van der Waals surface area contributed by atoms with Crippen LogP contribution in [0.2, 0.25) is 0 Å². The second kappa shape index (κ2) is 9.44. The summed E-state index contributed by atoms with van der Waals surface area (Å²) in [5, 5.41) is 4.85. The molecule has 0 radical (unpaired) electrons. The number of esters is 1. The molecule has 7 nitrogen and oxygen atoms in total. The Morgan fingerprint density at radius 1 is 1.04 bits per heavy atom. The minimum Gasteiger partial charge on any atom is -0.465 e. The molecule has 0 aliphatic rings. The van der Waals surface area contributed by atoms with Crippen molar-refractivity contribution < 1.29 is 28.2 Å². The van der Waals surface area contributed by atoms with Crippen molar-refractivity contribution in [1.29, 1.82) is 0 Å². The number of nitrogens with one attached hydrogen (secondary N) is 2. The van der Waals surface area contributed by atoms with Gasteiger partial charge in [0.25, 0.3) is 0 Å². The molecule has 0 spiro atoms. The van der Waals surface area contributed by atoms with Gasteiger partial charge in [-0.15, -0.1) is 0 Å². The summed E-state index contributed by atoms with van der Waals surface area (Å²) in [7, 11) is 2.68. The van der Waals surface area contributed by atoms with E-state index in [0.29, 0.717) is 16.8 Å². The predicted molar refractivity (Wildman–Crippen MR) is 95.6 cm³/mol. The number of hydrogen-bond donors (Lipinski definition) is 2. The molecule has 2 amide bonds. The summed E-state index contributed by atoms with van der Waals surface area (Å²) in [6, 6.07) is 11.7. The lowest BCUT2D eigenvalue weighted by molar-refractivity contribution is -0.136. The van der Waals surface area contributed by atoms with Crippen molar-refractivity contribution in [2.75, 3.05) is 26.1 Å². The van der Waals surface area contributed by atoms with Crippen LogP contribution in [0.4, 0.5) is 10.1 Å². The fourth-order valence-electron chi connectivity index (χ4n) is 2.31. The molecule has 0 saturated carbocycles. The SMILES string of the molecule is COC(=O)c1ccc(NC(=O)C(=O)NC[C@@H](OC)c2cccc(F)c2)cc1. The molecular formula is C19H19FN2O5. The Balaban J connectivity index is 1.91. The van der Waals surface area contributed by atoms with Crippen LogP contribution in [-0.2, 0) is 19.1 Å². The molecule has 8 heteroatoms. The van der Waals surface area contributed by atoms with Crippen LogP contribution in [0.5, 0.6) is 0 Å². The van der Waals surface area contributed by atoms with Crippen molar-refractivity contribution >= 4 is 23.5 Å². The van der Waals surface area contributed by atoms with Crippen molar-refractivity contribution in [3.05, 3.63) is 65.5 Å². The van der Waals surface area contributed by atoms with Gasteiger partial charge in [0.15, 0.2) is 0 Å². The van der Waals surface area contributed by atoms with E-state index in [0.717, 1.165) is 0 Å². The Morgan fingerprint density at radius 3 is 2.33 bits per heavy atom. The van der Waals surface area contributed by atoms with Crippen LogP contribution in [-0.4, -0.2) is 38.5 Å². The van der Waals surface area contributed by atoms with Crippen LogP contribution < -0.4 is 10.6 Å². The van der Waals surface area contributed by atoms with Crippen LogP contribution in [0.15, 0.2) is 48.5 Å². The highest BCUT2D eigenvalue weighted by Gasteiger charge is 2.18. The van der Waals surface area contributed by atoms with E-state index in [4.69, 9.17) is 4.74 Å². The first-order valence-electron chi connectivity index (χ1n) is 8.00. The number of benzene rings is 2. The third-order valence-corrected chi connectivity index (χ3v) is 3.72. The number of anilines is 1. The van der Waals surface area contributed by atoms with E-state index in [9.17, 15) is 18.8 Å². The van der Waals surface area contributed by atoms with E-state index in [1.807, 2.05) is 0 Å². The van der Waals surface area contributed by atoms with Gasteiger partial charge in [-0.3, -0.25) is 9.59 Å². The zero-order valence-corrected chi connectivity index (χ0v) is 14.8. The first-order valence-corrected chi connectivity index (χ1v) is 8.00. The molecule has 2 rings (SSSR count). The Morgan fingerprint density at radius 2 is 1.74 bits per heavy atom.